The lowest BCUT2D eigenvalue weighted by Crippen LogP contribution is -2.46. The molecule has 3 fully saturated rings. The van der Waals surface area contributed by atoms with Crippen LogP contribution in [0.25, 0.3) is 0 Å². The van der Waals surface area contributed by atoms with Crippen LogP contribution in [0.3, 0.4) is 0 Å². The van der Waals surface area contributed by atoms with Gasteiger partial charge in [0.2, 0.25) is 0 Å². The van der Waals surface area contributed by atoms with Crippen LogP contribution in [0.4, 0.5) is 0 Å². The third-order valence-corrected chi connectivity index (χ3v) is 5.52. The summed E-state index contributed by atoms with van der Waals surface area (Å²) < 4.78 is 5.64. The normalized spacial score (nSPS) is 32.9. The predicted octanol–water partition coefficient (Wildman–Crippen LogP) is 3.05. The summed E-state index contributed by atoms with van der Waals surface area (Å²) in [7, 11) is 0. The Hall–Kier alpha value is -0.220. The van der Waals surface area contributed by atoms with Gasteiger partial charge in [-0.2, -0.15) is 0 Å². The summed E-state index contributed by atoms with van der Waals surface area (Å²) in [4.78, 5) is 4.70. The maximum Gasteiger partial charge on any atom is 0.156 e. The Morgan fingerprint density at radius 1 is 1.21 bits per heavy atom. The van der Waals surface area contributed by atoms with Crippen LogP contribution >= 0.6 is 11.8 Å². The Balaban J connectivity index is 1.31. The number of hydrogen-bond donors (Lipinski definition) is 1. The third kappa shape index (κ3) is 4.38. The lowest BCUT2D eigenvalue weighted by Gasteiger charge is -2.36. The van der Waals surface area contributed by atoms with Crippen molar-refractivity contribution in [3.05, 3.63) is 0 Å². The van der Waals surface area contributed by atoms with Gasteiger partial charge in [-0.25, -0.2) is 0 Å². The highest BCUT2D eigenvalue weighted by Crippen LogP contribution is 2.31. The van der Waals surface area contributed by atoms with Crippen LogP contribution in [0.2, 0.25) is 0 Å². The standard InChI is InChI=1S/C15H26N2OS/c1-2-5-14-13(4-1)11-19-15(17-14)16-8-3-9-18-10-12-6-7-12/h12-14H,1-11H2,(H,16,17). The van der Waals surface area contributed by atoms with Crippen molar-refractivity contribution in [1.29, 1.82) is 0 Å². The summed E-state index contributed by atoms with van der Waals surface area (Å²) in [5, 5.41) is 4.83. The molecule has 4 heteroatoms. The average Bonchev–Trinajstić information content (AvgIpc) is 3.27. The first-order valence-electron chi connectivity index (χ1n) is 7.93. The summed E-state index contributed by atoms with van der Waals surface area (Å²) in [6, 6.07) is 0.708. The van der Waals surface area contributed by atoms with Gasteiger partial charge in [0.25, 0.3) is 0 Å². The number of rotatable bonds is 6. The van der Waals surface area contributed by atoms with E-state index >= 15 is 0 Å². The van der Waals surface area contributed by atoms with Crippen LogP contribution in [0.1, 0.15) is 44.9 Å². The molecule has 0 bridgehead atoms. The SMILES string of the molecule is C(CN=C1NC2CCCCC2CS1)COCC1CC1. The number of amidine groups is 1. The summed E-state index contributed by atoms with van der Waals surface area (Å²) in [6.07, 6.45) is 9.39. The van der Waals surface area contributed by atoms with E-state index in [-0.39, 0.29) is 0 Å². The molecule has 3 rings (SSSR count). The van der Waals surface area contributed by atoms with E-state index in [2.05, 4.69) is 5.32 Å². The highest BCUT2D eigenvalue weighted by Gasteiger charge is 2.30. The van der Waals surface area contributed by atoms with Gasteiger partial charge in [-0.15, -0.1) is 0 Å². The lowest BCUT2D eigenvalue weighted by molar-refractivity contribution is 0.123. The van der Waals surface area contributed by atoms with Crippen LogP contribution in [0.5, 0.6) is 0 Å². The van der Waals surface area contributed by atoms with Crippen molar-refractivity contribution in [3.8, 4) is 0 Å². The molecule has 1 heterocycles. The zero-order valence-corrected chi connectivity index (χ0v) is 12.6. The van der Waals surface area contributed by atoms with E-state index in [0.717, 1.165) is 38.0 Å². The van der Waals surface area contributed by atoms with Crippen molar-refractivity contribution in [3.63, 3.8) is 0 Å². The van der Waals surface area contributed by atoms with Gasteiger partial charge >= 0.3 is 0 Å². The van der Waals surface area contributed by atoms with E-state index in [1.807, 2.05) is 11.8 Å². The molecule has 2 atom stereocenters. The molecular formula is C15H26N2OS. The Labute approximate surface area is 121 Å². The van der Waals surface area contributed by atoms with Gasteiger partial charge in [0, 0.05) is 31.6 Å². The molecule has 1 aliphatic heterocycles. The number of aliphatic imine (C=N–C) groups is 1. The van der Waals surface area contributed by atoms with Crippen molar-refractivity contribution < 1.29 is 4.74 Å². The maximum absolute atomic E-state index is 5.64. The van der Waals surface area contributed by atoms with Gasteiger partial charge in [0.05, 0.1) is 0 Å². The second-order valence-electron chi connectivity index (χ2n) is 6.17. The smallest absolute Gasteiger partial charge is 0.156 e. The number of fused-ring (bicyclic) bond motifs is 1. The molecule has 0 aromatic rings. The summed E-state index contributed by atoms with van der Waals surface area (Å²) in [5.41, 5.74) is 0. The summed E-state index contributed by atoms with van der Waals surface area (Å²) in [5.74, 6) is 3.04. The molecule has 3 nitrogen and oxygen atoms in total. The van der Waals surface area contributed by atoms with Gasteiger partial charge in [-0.05, 0) is 43.9 Å². The van der Waals surface area contributed by atoms with Gasteiger partial charge in [0.1, 0.15) is 0 Å². The van der Waals surface area contributed by atoms with E-state index in [4.69, 9.17) is 9.73 Å². The lowest BCUT2D eigenvalue weighted by atomic mass is 9.86. The molecule has 0 aromatic carbocycles. The van der Waals surface area contributed by atoms with E-state index < -0.39 is 0 Å². The first kappa shape index (κ1) is 13.7. The number of nitrogens with zero attached hydrogens (tertiary/aromatic N) is 1. The second kappa shape index (κ2) is 6.98. The minimum absolute atomic E-state index is 0.708. The first-order valence-corrected chi connectivity index (χ1v) is 8.92. The minimum atomic E-state index is 0.708. The molecule has 0 aromatic heterocycles. The molecule has 0 radical (unpaired) electrons. The van der Waals surface area contributed by atoms with E-state index in [0.29, 0.717) is 6.04 Å². The topological polar surface area (TPSA) is 33.6 Å². The monoisotopic (exact) mass is 282 g/mol. The molecule has 2 aliphatic carbocycles. The molecule has 1 N–H and O–H groups in total. The van der Waals surface area contributed by atoms with Crippen molar-refractivity contribution in [1.82, 2.24) is 5.32 Å². The van der Waals surface area contributed by atoms with Gasteiger partial charge in [0.15, 0.2) is 5.17 Å². The molecule has 19 heavy (non-hydrogen) atoms. The van der Waals surface area contributed by atoms with Crippen molar-refractivity contribution in [2.24, 2.45) is 16.8 Å². The summed E-state index contributed by atoms with van der Waals surface area (Å²) in [6.45, 7) is 2.77. The van der Waals surface area contributed by atoms with Crippen molar-refractivity contribution >= 4 is 16.9 Å². The second-order valence-corrected chi connectivity index (χ2v) is 7.17. The summed E-state index contributed by atoms with van der Waals surface area (Å²) >= 11 is 1.93. The van der Waals surface area contributed by atoms with Gasteiger partial charge in [-0.1, -0.05) is 24.6 Å². The fraction of sp³-hybridized carbons (Fsp3) is 0.933. The molecule has 0 amide bonds. The minimum Gasteiger partial charge on any atom is -0.381 e. The Bertz CT molecular complexity index is 317. The zero-order chi connectivity index (χ0) is 12.9. The Morgan fingerprint density at radius 3 is 3.00 bits per heavy atom. The molecular weight excluding hydrogens is 256 g/mol. The van der Waals surface area contributed by atoms with Crippen LogP contribution in [0, 0.1) is 11.8 Å². The van der Waals surface area contributed by atoms with E-state index in [1.54, 1.807) is 0 Å². The van der Waals surface area contributed by atoms with Crippen molar-refractivity contribution in [2.45, 2.75) is 51.0 Å². The number of nitrogens with one attached hydrogen (secondary N) is 1. The van der Waals surface area contributed by atoms with Crippen LogP contribution in [0.15, 0.2) is 4.99 Å². The molecule has 3 aliphatic rings. The van der Waals surface area contributed by atoms with Crippen LogP contribution in [-0.4, -0.2) is 36.7 Å². The predicted molar refractivity (Wildman–Crippen MR) is 81.8 cm³/mol. The first-order chi connectivity index (χ1) is 9.42. The van der Waals surface area contributed by atoms with Gasteiger partial charge in [-0.3, -0.25) is 4.99 Å². The number of ether oxygens (including phenoxy) is 1. The molecule has 2 saturated carbocycles. The molecule has 108 valence electrons. The van der Waals surface area contributed by atoms with Crippen LogP contribution in [-0.2, 0) is 4.74 Å². The average molecular weight is 282 g/mol. The van der Waals surface area contributed by atoms with Crippen molar-refractivity contribution in [2.75, 3.05) is 25.5 Å². The fourth-order valence-corrected chi connectivity index (χ4v) is 4.14. The largest absolute Gasteiger partial charge is 0.381 e. The zero-order valence-electron chi connectivity index (χ0n) is 11.8. The third-order valence-electron chi connectivity index (χ3n) is 4.40. The van der Waals surface area contributed by atoms with E-state index in [1.165, 1.54) is 49.4 Å². The Kier molecular flexibility index (Phi) is 5.05. The number of thioether (sulfide) groups is 1. The molecule has 0 spiro atoms. The molecule has 1 saturated heterocycles. The fourth-order valence-electron chi connectivity index (χ4n) is 2.96. The molecule has 2 unspecified atom stereocenters. The quantitative estimate of drug-likeness (QED) is 0.760. The highest BCUT2D eigenvalue weighted by atomic mass is 32.2. The highest BCUT2D eigenvalue weighted by molar-refractivity contribution is 8.13. The Morgan fingerprint density at radius 2 is 2.11 bits per heavy atom. The van der Waals surface area contributed by atoms with E-state index in [9.17, 15) is 0 Å². The number of hydrogen-bond acceptors (Lipinski definition) is 3. The van der Waals surface area contributed by atoms with Gasteiger partial charge < -0.3 is 10.1 Å². The van der Waals surface area contributed by atoms with Crippen LogP contribution < -0.4 is 5.32 Å². The maximum atomic E-state index is 5.64.